The summed E-state index contributed by atoms with van der Waals surface area (Å²) in [5, 5.41) is 15.1. The zero-order chi connectivity index (χ0) is 27.6. The number of unbranched alkanes of at least 4 members (excludes halogenated alkanes) is 2. The number of carbonyl (C=O) groups is 4. The molecule has 3 unspecified atom stereocenters. The van der Waals surface area contributed by atoms with E-state index in [-0.39, 0.29) is 24.8 Å². The SMILES string of the molecule is CCCCC(NC(=O)C1CCC1)C(=O)NC(CCCC)P(=O)(OC)O[C@@H](C)C(=O)N1CCC[C@H]1C(=O)O. The van der Waals surface area contributed by atoms with Gasteiger partial charge in [-0.1, -0.05) is 46.0 Å². The summed E-state index contributed by atoms with van der Waals surface area (Å²) in [6, 6.07) is -1.72. The third-order valence-corrected chi connectivity index (χ3v) is 9.48. The maximum atomic E-state index is 13.9. The lowest BCUT2D eigenvalue weighted by molar-refractivity contribution is -0.151. The first kappa shape index (κ1) is 31.2. The van der Waals surface area contributed by atoms with Crippen molar-refractivity contribution in [2.24, 2.45) is 5.92 Å². The number of nitrogens with one attached hydrogen (secondary N) is 2. The topological polar surface area (TPSA) is 151 Å². The van der Waals surface area contributed by atoms with Crippen LogP contribution in [0.4, 0.5) is 0 Å². The molecule has 1 heterocycles. The largest absolute Gasteiger partial charge is 0.480 e. The Bertz CT molecular complexity index is 850. The summed E-state index contributed by atoms with van der Waals surface area (Å²) in [7, 11) is -2.84. The van der Waals surface area contributed by atoms with Crippen molar-refractivity contribution in [1.82, 2.24) is 15.5 Å². The van der Waals surface area contributed by atoms with Crippen molar-refractivity contribution in [3.05, 3.63) is 0 Å². The summed E-state index contributed by atoms with van der Waals surface area (Å²) in [5.41, 5.74) is 0. The zero-order valence-electron chi connectivity index (χ0n) is 22.6. The maximum absolute atomic E-state index is 13.9. The van der Waals surface area contributed by atoms with Crippen molar-refractivity contribution < 1.29 is 37.9 Å². The quantitative estimate of drug-likeness (QED) is 0.250. The Labute approximate surface area is 219 Å². The lowest BCUT2D eigenvalue weighted by atomic mass is 9.84. The van der Waals surface area contributed by atoms with Crippen LogP contribution in [0.15, 0.2) is 0 Å². The molecule has 3 amide bonds. The van der Waals surface area contributed by atoms with Gasteiger partial charge in [0.15, 0.2) is 0 Å². The highest BCUT2D eigenvalue weighted by molar-refractivity contribution is 7.54. The molecule has 2 fully saturated rings. The lowest BCUT2D eigenvalue weighted by Crippen LogP contribution is -2.52. The number of carbonyl (C=O) groups excluding carboxylic acids is 3. The Morgan fingerprint density at radius 2 is 1.68 bits per heavy atom. The molecule has 11 nitrogen and oxygen atoms in total. The zero-order valence-corrected chi connectivity index (χ0v) is 23.5. The summed E-state index contributed by atoms with van der Waals surface area (Å²) >= 11 is 0. The normalized spacial score (nSPS) is 21.8. The average Bonchev–Trinajstić information content (AvgIpc) is 3.32. The van der Waals surface area contributed by atoms with Crippen LogP contribution in [0.2, 0.25) is 0 Å². The molecule has 1 aliphatic heterocycles. The van der Waals surface area contributed by atoms with Crippen LogP contribution in [0.5, 0.6) is 0 Å². The summed E-state index contributed by atoms with van der Waals surface area (Å²) in [6.07, 6.45) is 5.96. The number of nitrogens with zero attached hydrogens (tertiary/aromatic N) is 1. The molecule has 212 valence electrons. The number of hydrogen-bond donors (Lipinski definition) is 3. The third kappa shape index (κ3) is 8.52. The van der Waals surface area contributed by atoms with E-state index in [1.165, 1.54) is 18.9 Å². The molecular formula is C25H44N3O8P. The number of carboxylic acids is 1. The number of amides is 3. The number of hydrogen-bond acceptors (Lipinski definition) is 7. The minimum absolute atomic E-state index is 0.0756. The van der Waals surface area contributed by atoms with Gasteiger partial charge in [0.25, 0.3) is 5.91 Å². The van der Waals surface area contributed by atoms with E-state index < -0.39 is 49.4 Å². The van der Waals surface area contributed by atoms with Crippen molar-refractivity contribution in [3.63, 3.8) is 0 Å². The number of aliphatic carboxylic acids is 1. The van der Waals surface area contributed by atoms with Crippen molar-refractivity contribution in [1.29, 1.82) is 0 Å². The van der Waals surface area contributed by atoms with Crippen LogP contribution in [-0.4, -0.2) is 71.3 Å². The smallest absolute Gasteiger partial charge is 0.353 e. The Balaban J connectivity index is 2.16. The second kappa shape index (κ2) is 14.8. The fraction of sp³-hybridized carbons (Fsp3) is 0.840. The summed E-state index contributed by atoms with van der Waals surface area (Å²) < 4.78 is 24.9. The molecule has 1 aliphatic carbocycles. The summed E-state index contributed by atoms with van der Waals surface area (Å²) in [5.74, 6) is -3.39. The van der Waals surface area contributed by atoms with Crippen LogP contribution in [0.3, 0.4) is 0 Å². The average molecular weight is 546 g/mol. The number of likely N-dealkylation sites (tertiary alicyclic amines) is 1. The molecular weight excluding hydrogens is 501 g/mol. The van der Waals surface area contributed by atoms with Gasteiger partial charge in [-0.25, -0.2) is 4.79 Å². The van der Waals surface area contributed by atoms with Gasteiger partial charge in [0, 0.05) is 19.6 Å². The van der Waals surface area contributed by atoms with E-state index in [1.54, 1.807) is 0 Å². The van der Waals surface area contributed by atoms with Crippen molar-refractivity contribution in [2.45, 2.75) is 115 Å². The van der Waals surface area contributed by atoms with Gasteiger partial charge in [-0.2, -0.15) is 0 Å². The monoisotopic (exact) mass is 545 g/mol. The van der Waals surface area contributed by atoms with Crippen LogP contribution >= 0.6 is 7.60 Å². The molecule has 37 heavy (non-hydrogen) atoms. The van der Waals surface area contributed by atoms with E-state index in [4.69, 9.17) is 9.05 Å². The maximum Gasteiger partial charge on any atom is 0.353 e. The Hall–Kier alpha value is -1.97. The minimum Gasteiger partial charge on any atom is -0.480 e. The summed E-state index contributed by atoms with van der Waals surface area (Å²) in [4.78, 5) is 51.6. The predicted octanol–water partition coefficient (Wildman–Crippen LogP) is 3.41. The first-order chi connectivity index (χ1) is 17.6. The van der Waals surface area contributed by atoms with Crippen molar-refractivity contribution in [2.75, 3.05) is 13.7 Å². The Morgan fingerprint density at radius 1 is 1.03 bits per heavy atom. The first-order valence-electron chi connectivity index (χ1n) is 13.6. The van der Waals surface area contributed by atoms with Gasteiger partial charge >= 0.3 is 13.6 Å². The molecule has 2 aliphatic rings. The summed E-state index contributed by atoms with van der Waals surface area (Å²) in [6.45, 7) is 5.63. The Morgan fingerprint density at radius 3 is 2.22 bits per heavy atom. The minimum atomic E-state index is -4.04. The van der Waals surface area contributed by atoms with Crippen LogP contribution in [0, 0.1) is 5.92 Å². The highest BCUT2D eigenvalue weighted by atomic mass is 31.2. The molecule has 0 aromatic rings. The Kier molecular flexibility index (Phi) is 12.5. The fourth-order valence-corrected chi connectivity index (χ4v) is 6.44. The molecule has 12 heteroatoms. The standard InChI is InChI=1S/C25H44N3O8P/c1-5-7-13-19(26-22(29)18-11-9-12-18)23(30)27-21(15-8-6-2)37(34,35-4)36-17(3)24(31)28-16-10-14-20(28)25(32)33/h17-21H,5-16H2,1-4H3,(H,26,29)(H,27,30)(H,32,33)/t17-,19?,20-,21?,37?/m0/s1. The van der Waals surface area contributed by atoms with Crippen molar-refractivity contribution >= 4 is 31.3 Å². The molecule has 0 bridgehead atoms. The van der Waals surface area contributed by atoms with Crippen LogP contribution in [-0.2, 0) is 32.8 Å². The molecule has 5 atom stereocenters. The van der Waals surface area contributed by atoms with Gasteiger partial charge in [0.05, 0.1) is 0 Å². The molecule has 0 aromatic carbocycles. The van der Waals surface area contributed by atoms with E-state index in [0.717, 1.165) is 38.5 Å². The van der Waals surface area contributed by atoms with Crippen LogP contribution in [0.1, 0.15) is 91.4 Å². The van der Waals surface area contributed by atoms with Gasteiger partial charge in [-0.05, 0) is 45.4 Å². The predicted molar refractivity (Wildman–Crippen MR) is 138 cm³/mol. The van der Waals surface area contributed by atoms with Gasteiger partial charge in [-0.15, -0.1) is 0 Å². The van der Waals surface area contributed by atoms with E-state index in [9.17, 15) is 28.8 Å². The molecule has 2 rings (SSSR count). The number of carboxylic acid groups (broad SMARTS) is 1. The van der Waals surface area contributed by atoms with Gasteiger partial charge in [0.2, 0.25) is 11.8 Å². The van der Waals surface area contributed by atoms with E-state index in [2.05, 4.69) is 10.6 Å². The fourth-order valence-electron chi connectivity index (χ4n) is 4.64. The second-order valence-corrected chi connectivity index (χ2v) is 12.3. The highest BCUT2D eigenvalue weighted by Gasteiger charge is 2.43. The molecule has 1 saturated heterocycles. The molecule has 1 saturated carbocycles. The first-order valence-corrected chi connectivity index (χ1v) is 15.2. The molecule has 0 spiro atoms. The van der Waals surface area contributed by atoms with Gasteiger partial charge in [-0.3, -0.25) is 23.5 Å². The molecule has 0 radical (unpaired) electrons. The van der Waals surface area contributed by atoms with E-state index in [1.807, 2.05) is 13.8 Å². The highest BCUT2D eigenvalue weighted by Crippen LogP contribution is 2.54. The second-order valence-electron chi connectivity index (χ2n) is 10.00. The van der Waals surface area contributed by atoms with Crippen molar-refractivity contribution in [3.8, 4) is 0 Å². The van der Waals surface area contributed by atoms with Gasteiger partial charge < -0.3 is 25.2 Å². The third-order valence-electron chi connectivity index (χ3n) is 7.21. The van der Waals surface area contributed by atoms with Crippen LogP contribution in [0.25, 0.3) is 0 Å². The van der Waals surface area contributed by atoms with Gasteiger partial charge in [0.1, 0.15) is 24.0 Å². The van der Waals surface area contributed by atoms with E-state index >= 15 is 0 Å². The number of rotatable bonds is 16. The lowest BCUT2D eigenvalue weighted by Gasteiger charge is -2.32. The molecule has 3 N–H and O–H groups in total. The molecule has 0 aromatic heterocycles. The van der Waals surface area contributed by atoms with Crippen LogP contribution < -0.4 is 10.6 Å². The van der Waals surface area contributed by atoms with E-state index in [0.29, 0.717) is 25.7 Å².